The molecule has 104 valence electrons. The summed E-state index contributed by atoms with van der Waals surface area (Å²) in [6.45, 7) is 8.34. The van der Waals surface area contributed by atoms with E-state index in [0.717, 1.165) is 35.3 Å². The molecule has 1 amide bonds. The van der Waals surface area contributed by atoms with Crippen LogP contribution in [0.5, 0.6) is 5.75 Å². The van der Waals surface area contributed by atoms with Crippen molar-refractivity contribution in [2.45, 2.75) is 52.0 Å². The fourth-order valence-electron chi connectivity index (χ4n) is 2.17. The number of carbonyl (C=O) groups excluding carboxylic acids is 1. The zero-order valence-electron chi connectivity index (χ0n) is 12.5. The highest BCUT2D eigenvalue weighted by Crippen LogP contribution is 2.33. The predicted octanol–water partition coefficient (Wildman–Crippen LogP) is 3.19. The monoisotopic (exact) mass is 261 g/mol. The predicted molar refractivity (Wildman–Crippen MR) is 76.9 cm³/mol. The van der Waals surface area contributed by atoms with E-state index < -0.39 is 0 Å². The molecule has 19 heavy (non-hydrogen) atoms. The molecule has 1 aromatic carbocycles. The Morgan fingerprint density at radius 3 is 2.42 bits per heavy atom. The van der Waals surface area contributed by atoms with Crippen LogP contribution in [0.2, 0.25) is 0 Å². The number of hydrogen-bond acceptors (Lipinski definition) is 2. The summed E-state index contributed by atoms with van der Waals surface area (Å²) in [6, 6.07) is 4.32. The van der Waals surface area contributed by atoms with E-state index >= 15 is 0 Å². The van der Waals surface area contributed by atoms with Crippen LogP contribution in [-0.2, 0) is 5.41 Å². The van der Waals surface area contributed by atoms with Crippen molar-refractivity contribution < 1.29 is 9.53 Å². The molecule has 3 nitrogen and oxygen atoms in total. The first-order valence-electron chi connectivity index (χ1n) is 6.83. The summed E-state index contributed by atoms with van der Waals surface area (Å²) in [5.74, 6) is 0.890. The average molecular weight is 261 g/mol. The van der Waals surface area contributed by atoms with Crippen molar-refractivity contribution in [3.05, 3.63) is 28.8 Å². The minimum absolute atomic E-state index is 0.0353. The van der Waals surface area contributed by atoms with Crippen LogP contribution in [0.25, 0.3) is 0 Å². The third-order valence-corrected chi connectivity index (χ3v) is 3.51. The van der Waals surface area contributed by atoms with Crippen LogP contribution in [0.3, 0.4) is 0 Å². The lowest BCUT2D eigenvalue weighted by atomic mass is 9.84. The van der Waals surface area contributed by atoms with Crippen molar-refractivity contribution in [3.8, 4) is 5.75 Å². The molecule has 3 heteroatoms. The number of methoxy groups -OCH3 is 1. The molecule has 0 bridgehead atoms. The largest absolute Gasteiger partial charge is 0.496 e. The maximum atomic E-state index is 12.2. The van der Waals surface area contributed by atoms with Crippen LogP contribution in [-0.4, -0.2) is 19.1 Å². The number of amides is 1. The zero-order valence-corrected chi connectivity index (χ0v) is 12.5. The molecule has 2 rings (SSSR count). The Kier molecular flexibility index (Phi) is 3.57. The molecule has 1 aromatic rings. The lowest BCUT2D eigenvalue weighted by Crippen LogP contribution is -2.27. The molecule has 0 aliphatic heterocycles. The van der Waals surface area contributed by atoms with E-state index in [0.29, 0.717) is 6.04 Å². The van der Waals surface area contributed by atoms with E-state index in [4.69, 9.17) is 4.74 Å². The second-order valence-electron chi connectivity index (χ2n) is 6.37. The van der Waals surface area contributed by atoms with Crippen molar-refractivity contribution in [3.63, 3.8) is 0 Å². The zero-order chi connectivity index (χ0) is 14.2. The van der Waals surface area contributed by atoms with Crippen LogP contribution in [0, 0.1) is 6.92 Å². The SMILES string of the molecule is COc1cc(C)c(C(=O)NC2CC2)cc1C(C)(C)C. The summed E-state index contributed by atoms with van der Waals surface area (Å²) in [6.07, 6.45) is 2.21. The molecule has 0 spiro atoms. The maximum Gasteiger partial charge on any atom is 0.251 e. The maximum absolute atomic E-state index is 12.2. The van der Waals surface area contributed by atoms with Gasteiger partial charge in [0.2, 0.25) is 0 Å². The topological polar surface area (TPSA) is 38.3 Å². The third kappa shape index (κ3) is 3.09. The smallest absolute Gasteiger partial charge is 0.251 e. The molecular weight excluding hydrogens is 238 g/mol. The second kappa shape index (κ2) is 4.87. The summed E-state index contributed by atoms with van der Waals surface area (Å²) < 4.78 is 5.45. The second-order valence-corrected chi connectivity index (χ2v) is 6.37. The molecule has 1 aliphatic carbocycles. The fraction of sp³-hybridized carbons (Fsp3) is 0.562. The van der Waals surface area contributed by atoms with Crippen LogP contribution in [0.4, 0.5) is 0 Å². The van der Waals surface area contributed by atoms with Gasteiger partial charge in [-0.1, -0.05) is 20.8 Å². The van der Waals surface area contributed by atoms with Crippen LogP contribution >= 0.6 is 0 Å². The van der Waals surface area contributed by atoms with Gasteiger partial charge in [-0.15, -0.1) is 0 Å². The van der Waals surface area contributed by atoms with E-state index in [1.807, 2.05) is 19.1 Å². The van der Waals surface area contributed by atoms with Crippen molar-refractivity contribution in [1.29, 1.82) is 0 Å². The Labute approximate surface area is 115 Å². The van der Waals surface area contributed by atoms with Gasteiger partial charge in [-0.3, -0.25) is 4.79 Å². The van der Waals surface area contributed by atoms with E-state index in [-0.39, 0.29) is 11.3 Å². The highest BCUT2D eigenvalue weighted by atomic mass is 16.5. The first kappa shape index (κ1) is 13.9. The number of carbonyl (C=O) groups is 1. The Morgan fingerprint density at radius 2 is 1.95 bits per heavy atom. The van der Waals surface area contributed by atoms with Crippen LogP contribution in [0.1, 0.15) is 55.1 Å². The summed E-state index contributed by atoms with van der Waals surface area (Å²) >= 11 is 0. The average Bonchev–Trinajstić information content (AvgIpc) is 3.10. The molecular formula is C16H23NO2. The van der Waals surface area contributed by atoms with Gasteiger partial charge in [0, 0.05) is 17.2 Å². The van der Waals surface area contributed by atoms with Gasteiger partial charge >= 0.3 is 0 Å². The van der Waals surface area contributed by atoms with E-state index in [2.05, 4.69) is 26.1 Å². The molecule has 0 saturated heterocycles. The number of rotatable bonds is 3. The van der Waals surface area contributed by atoms with Crippen molar-refractivity contribution >= 4 is 5.91 Å². The van der Waals surface area contributed by atoms with Crippen LogP contribution in [0.15, 0.2) is 12.1 Å². The molecule has 1 aliphatic rings. The summed E-state index contributed by atoms with van der Waals surface area (Å²) in [4.78, 5) is 12.2. The number of benzene rings is 1. The van der Waals surface area contributed by atoms with E-state index in [1.54, 1.807) is 7.11 Å². The van der Waals surface area contributed by atoms with Crippen molar-refractivity contribution in [1.82, 2.24) is 5.32 Å². The number of nitrogens with one attached hydrogen (secondary N) is 1. The standard InChI is InChI=1S/C16H23NO2/c1-10-8-14(19-5)13(16(2,3)4)9-12(10)15(18)17-11-6-7-11/h8-9,11H,6-7H2,1-5H3,(H,17,18). The lowest BCUT2D eigenvalue weighted by Gasteiger charge is -2.23. The van der Waals surface area contributed by atoms with Gasteiger partial charge in [0.1, 0.15) is 5.75 Å². The van der Waals surface area contributed by atoms with Crippen molar-refractivity contribution in [2.24, 2.45) is 0 Å². The molecule has 1 N–H and O–H groups in total. The molecule has 0 heterocycles. The summed E-state index contributed by atoms with van der Waals surface area (Å²) in [7, 11) is 1.67. The highest BCUT2D eigenvalue weighted by molar-refractivity contribution is 5.96. The van der Waals surface area contributed by atoms with Gasteiger partial charge in [-0.05, 0) is 42.9 Å². The Hall–Kier alpha value is -1.51. The van der Waals surface area contributed by atoms with Gasteiger partial charge < -0.3 is 10.1 Å². The summed E-state index contributed by atoms with van der Waals surface area (Å²) in [5, 5.41) is 3.05. The Balaban J connectivity index is 2.40. The van der Waals surface area contributed by atoms with Gasteiger partial charge in [-0.2, -0.15) is 0 Å². The summed E-state index contributed by atoms with van der Waals surface area (Å²) in [5.41, 5.74) is 2.75. The normalized spacial score (nSPS) is 15.2. The number of hydrogen-bond donors (Lipinski definition) is 1. The van der Waals surface area contributed by atoms with Crippen molar-refractivity contribution in [2.75, 3.05) is 7.11 Å². The quantitative estimate of drug-likeness (QED) is 0.907. The third-order valence-electron chi connectivity index (χ3n) is 3.51. The number of aryl methyl sites for hydroxylation is 1. The first-order chi connectivity index (χ1) is 8.82. The van der Waals surface area contributed by atoms with Gasteiger partial charge in [0.05, 0.1) is 7.11 Å². The van der Waals surface area contributed by atoms with Gasteiger partial charge in [0.25, 0.3) is 5.91 Å². The highest BCUT2D eigenvalue weighted by Gasteiger charge is 2.26. The molecule has 0 aromatic heterocycles. The van der Waals surface area contributed by atoms with E-state index in [9.17, 15) is 4.79 Å². The molecule has 1 fully saturated rings. The first-order valence-corrected chi connectivity index (χ1v) is 6.83. The van der Waals surface area contributed by atoms with Gasteiger partial charge in [-0.25, -0.2) is 0 Å². The fourth-order valence-corrected chi connectivity index (χ4v) is 2.17. The molecule has 0 atom stereocenters. The minimum atomic E-state index is -0.0480. The Bertz CT molecular complexity index is 496. The van der Waals surface area contributed by atoms with Crippen LogP contribution < -0.4 is 10.1 Å². The molecule has 0 unspecified atom stereocenters. The molecule has 0 radical (unpaired) electrons. The van der Waals surface area contributed by atoms with Gasteiger partial charge in [0.15, 0.2) is 0 Å². The molecule has 1 saturated carbocycles. The lowest BCUT2D eigenvalue weighted by molar-refractivity contribution is 0.0950. The van der Waals surface area contributed by atoms with E-state index in [1.165, 1.54) is 0 Å². The Morgan fingerprint density at radius 1 is 1.32 bits per heavy atom. The number of ether oxygens (including phenoxy) is 1. The minimum Gasteiger partial charge on any atom is -0.496 e.